The van der Waals surface area contributed by atoms with E-state index in [1.165, 1.54) is 327 Å². The Morgan fingerprint density at radius 2 is 0.278 bits per heavy atom. The number of fused-ring (bicyclic) bond motifs is 12. The van der Waals surface area contributed by atoms with Gasteiger partial charge in [-0.1, -0.05) is 267 Å². The molecular formula is C127H158Si6. The predicted octanol–water partition coefficient (Wildman–Crippen LogP) is 38.3. The van der Waals surface area contributed by atoms with Crippen molar-refractivity contribution in [1.29, 1.82) is 0 Å². The molecule has 0 nitrogen and oxygen atoms in total. The first-order chi connectivity index (χ1) is 62.4. The molecule has 15 aromatic rings. The summed E-state index contributed by atoms with van der Waals surface area (Å²) in [5.41, 5.74) is 44.3. The number of hydrogen-bond donors (Lipinski definition) is 0. The summed E-state index contributed by atoms with van der Waals surface area (Å²) >= 11 is 0. The Labute approximate surface area is 811 Å². The molecule has 0 aromatic heterocycles. The molecule has 0 heterocycles. The summed E-state index contributed by atoms with van der Waals surface area (Å²) < 4.78 is 0. The van der Waals surface area contributed by atoms with Crippen molar-refractivity contribution in [1.82, 2.24) is 0 Å². The maximum atomic E-state index is 3.99. The minimum Gasteiger partial charge on any atom is -0.126 e. The first-order valence-electron chi connectivity index (χ1n) is 50.1. The number of aryl methyl sites for hydroxylation is 10. The fourth-order valence-corrected chi connectivity index (χ4v) is 35.3. The van der Waals surface area contributed by atoms with E-state index >= 15 is 0 Å². The normalized spacial score (nSPS) is 11.8. The predicted molar refractivity (Wildman–Crippen MR) is 621 cm³/mol. The lowest BCUT2D eigenvalue weighted by atomic mass is 9.86. The minimum atomic E-state index is -1.67. The summed E-state index contributed by atoms with van der Waals surface area (Å²) in [5.74, 6) is 23.4. The first kappa shape index (κ1) is 105. The molecule has 0 atom stereocenters. The van der Waals surface area contributed by atoms with Crippen LogP contribution in [0.3, 0.4) is 0 Å². The van der Waals surface area contributed by atoms with E-state index in [-0.39, 0.29) is 22.3 Å². The van der Waals surface area contributed by atoms with Crippen LogP contribution in [0.25, 0.3) is 129 Å². The quantitative estimate of drug-likeness (QED) is 0.0456. The van der Waals surface area contributed by atoms with Gasteiger partial charge in [0, 0.05) is 33.4 Å². The van der Waals surface area contributed by atoms with Crippen molar-refractivity contribution in [2.45, 2.75) is 325 Å². The summed E-state index contributed by atoms with van der Waals surface area (Å²) in [6.45, 7) is 64.6. The third-order valence-electron chi connectivity index (χ3n) is 33.0. The summed E-state index contributed by atoms with van der Waals surface area (Å²) in [5, 5.41) is 30.7. The molecule has 0 unspecified atom stereocenters. The standard InChI is InChI=1S/2C42H50Si2.C40H46Si2.3CH4/c1-11-43(12-2,13-3)19-17-37-39-25-33-21-29(7)31(9)23-35(33)27-41(39)38(18-20-44(14-4,15-5)16-6)42-28-36-24-32(10)30(8)22-34(36)26-40(37)42;1-11-43(12-2,13-3)23-21-33-39-25-35-29(7)17-19-31(9)37(35)27-41(39)34(22-24-44(14-4,15-5)16-6)42-28-38-32(10)20-18-30(8)36(38)26-40(33)42;1-9-41(10-2,11-3)21-19-35-37-25-31-17-15-16-18-32(31)26-38(37)36(20-22-42(12-4,13-5)14-6)40-28-34-24-30(8)29(7)23-33(34)27-39(35)40;;;/h21-28H,11-16H2,1-10H3;17-20,25-28H,11-16H2,1-10H3;15-18,23-28H,9-14H2,1-8H3;3*1H4. The molecular weight excluding hydrogens is 1690 g/mol. The van der Waals surface area contributed by atoms with E-state index in [9.17, 15) is 0 Å². The van der Waals surface area contributed by atoms with Gasteiger partial charge in [0.2, 0.25) is 0 Å². The van der Waals surface area contributed by atoms with E-state index in [2.05, 4.69) is 420 Å². The van der Waals surface area contributed by atoms with Crippen molar-refractivity contribution in [3.8, 4) is 68.8 Å². The Balaban J connectivity index is 0.000000204. The molecule has 0 aliphatic carbocycles. The van der Waals surface area contributed by atoms with Gasteiger partial charge in [-0.15, -0.1) is 33.3 Å². The largest absolute Gasteiger partial charge is 0.138 e. The van der Waals surface area contributed by atoms with Crippen molar-refractivity contribution < 1.29 is 0 Å². The van der Waals surface area contributed by atoms with Crippen LogP contribution in [-0.2, 0) is 0 Å². The lowest BCUT2D eigenvalue weighted by Crippen LogP contribution is -2.29. The van der Waals surface area contributed by atoms with Crippen molar-refractivity contribution in [2.75, 3.05) is 0 Å². The van der Waals surface area contributed by atoms with Gasteiger partial charge >= 0.3 is 0 Å². The SMILES string of the molecule is C.C.C.CC[Si](C#Cc1c2cc3c(C)ccc(C)c3cc2c(C#C[Si](CC)(CC)CC)c2cc3c(C)ccc(C)c3cc12)(CC)CC.CC[Si](C#Cc1c2cc3cc(C)c(C)cc3cc2c(C#C[Si](CC)(CC)CC)c2cc3cc(C)c(C)cc3cc12)(CC)CC.CC[Si](C#Cc1c2cc3ccccc3cc2c(C#C[Si](CC)(CC)CC)c2cc3cc(C)c(C)cc3cc12)(CC)CC. The van der Waals surface area contributed by atoms with Gasteiger partial charge in [-0.2, -0.15) is 0 Å². The summed E-state index contributed by atoms with van der Waals surface area (Å²) in [6, 6.07) is 82.7. The molecule has 0 fully saturated rings. The second-order valence-corrected chi connectivity index (χ2v) is 68.5. The molecule has 0 aliphatic rings. The minimum absolute atomic E-state index is 0. The van der Waals surface area contributed by atoms with Gasteiger partial charge in [0.05, 0.1) is 0 Å². The molecule has 0 amide bonds. The molecule has 0 saturated carbocycles. The molecule has 0 bridgehead atoms. The topological polar surface area (TPSA) is 0 Å². The van der Waals surface area contributed by atoms with Crippen molar-refractivity contribution >= 4 is 178 Å². The Morgan fingerprint density at radius 3 is 0.414 bits per heavy atom. The van der Waals surface area contributed by atoms with Gasteiger partial charge in [-0.05, 0) is 436 Å². The van der Waals surface area contributed by atoms with Crippen molar-refractivity contribution in [3.05, 3.63) is 247 Å². The van der Waals surface area contributed by atoms with Crippen LogP contribution in [0, 0.1) is 138 Å². The highest BCUT2D eigenvalue weighted by Gasteiger charge is 2.32. The van der Waals surface area contributed by atoms with Crippen LogP contribution in [0.2, 0.25) is 109 Å². The zero-order valence-corrected chi connectivity index (χ0v) is 90.7. The summed E-state index contributed by atoms with van der Waals surface area (Å²) in [4.78, 5) is 0. The average Bonchev–Trinajstić information content (AvgIpc) is 0.723. The van der Waals surface area contributed by atoms with E-state index in [1.807, 2.05) is 0 Å². The van der Waals surface area contributed by atoms with Gasteiger partial charge in [0.15, 0.2) is 0 Å². The van der Waals surface area contributed by atoms with Crippen LogP contribution in [0.15, 0.2) is 158 Å². The fourth-order valence-electron chi connectivity index (χ4n) is 20.8. The van der Waals surface area contributed by atoms with Crippen LogP contribution >= 0.6 is 0 Å². The highest BCUT2D eigenvalue weighted by Crippen LogP contribution is 2.45. The van der Waals surface area contributed by atoms with Gasteiger partial charge in [-0.25, -0.2) is 0 Å². The Bertz CT molecular complexity index is 6690. The van der Waals surface area contributed by atoms with E-state index in [4.69, 9.17) is 0 Å². The van der Waals surface area contributed by atoms with E-state index < -0.39 is 48.4 Å². The van der Waals surface area contributed by atoms with Gasteiger partial charge in [0.25, 0.3) is 0 Å². The Hall–Kier alpha value is -9.92. The number of benzene rings is 15. The zero-order valence-electron chi connectivity index (χ0n) is 84.7. The maximum absolute atomic E-state index is 3.99. The molecule has 0 saturated heterocycles. The molecule has 133 heavy (non-hydrogen) atoms. The van der Waals surface area contributed by atoms with Crippen LogP contribution < -0.4 is 0 Å². The summed E-state index contributed by atoms with van der Waals surface area (Å²) in [7, 11) is -9.98. The molecule has 0 spiro atoms. The highest BCUT2D eigenvalue weighted by molar-refractivity contribution is 6.89. The zero-order chi connectivity index (χ0) is 93.7. The monoisotopic (exact) mass is 1850 g/mol. The maximum Gasteiger partial charge on any atom is 0.138 e. The molecule has 15 rings (SSSR count). The van der Waals surface area contributed by atoms with Gasteiger partial charge < -0.3 is 0 Å². The second-order valence-electron chi connectivity index (χ2n) is 38.9. The van der Waals surface area contributed by atoms with Gasteiger partial charge in [0.1, 0.15) is 48.4 Å². The summed E-state index contributed by atoms with van der Waals surface area (Å²) in [6.07, 6.45) is 0. The van der Waals surface area contributed by atoms with Crippen LogP contribution in [-0.4, -0.2) is 48.4 Å². The van der Waals surface area contributed by atoms with E-state index in [1.54, 1.807) is 0 Å². The third-order valence-corrected chi connectivity index (χ3v) is 61.3. The average molecular weight is 1850 g/mol. The molecule has 6 heteroatoms. The Morgan fingerprint density at radius 1 is 0.150 bits per heavy atom. The van der Waals surface area contributed by atoms with E-state index in [0.717, 1.165) is 0 Å². The number of hydrogen-bond acceptors (Lipinski definition) is 0. The Kier molecular flexibility index (Phi) is 34.7. The van der Waals surface area contributed by atoms with Crippen molar-refractivity contribution in [2.24, 2.45) is 0 Å². The highest BCUT2D eigenvalue weighted by atomic mass is 28.3. The van der Waals surface area contributed by atoms with Crippen LogP contribution in [0.1, 0.15) is 236 Å². The van der Waals surface area contributed by atoms with Gasteiger partial charge in [-0.3, -0.25) is 0 Å². The molecule has 15 aromatic carbocycles. The lowest BCUT2D eigenvalue weighted by molar-refractivity contribution is 1.20. The third kappa shape index (κ3) is 20.5. The lowest BCUT2D eigenvalue weighted by Gasteiger charge is -2.21. The second kappa shape index (κ2) is 43.8. The molecule has 0 radical (unpaired) electrons. The smallest absolute Gasteiger partial charge is 0.126 e. The first-order valence-corrected chi connectivity index (χ1v) is 65.9. The van der Waals surface area contributed by atoms with Crippen LogP contribution in [0.5, 0.6) is 0 Å². The van der Waals surface area contributed by atoms with Crippen molar-refractivity contribution in [3.63, 3.8) is 0 Å². The van der Waals surface area contributed by atoms with E-state index in [0.29, 0.717) is 0 Å². The molecule has 0 aliphatic heterocycles. The number of rotatable bonds is 18. The molecule has 690 valence electrons. The fraction of sp³-hybridized carbons (Fsp3) is 0.386. The molecule has 0 N–H and O–H groups in total. The van der Waals surface area contributed by atoms with Crippen LogP contribution in [0.4, 0.5) is 0 Å².